The number of anilines is 2. The van der Waals surface area contributed by atoms with Crippen LogP contribution in [-0.2, 0) is 0 Å². The van der Waals surface area contributed by atoms with E-state index in [1.165, 1.54) is 6.42 Å². The third kappa shape index (κ3) is 2.09. The van der Waals surface area contributed by atoms with Crippen LogP contribution in [0, 0.1) is 12.8 Å². The van der Waals surface area contributed by atoms with Gasteiger partial charge in [-0.1, -0.05) is 6.92 Å². The first kappa shape index (κ1) is 11.1. The summed E-state index contributed by atoms with van der Waals surface area (Å²) in [5.74, 6) is 8.50. The Bertz CT molecular complexity index is 379. The van der Waals surface area contributed by atoms with Crippen molar-refractivity contribution in [3.05, 3.63) is 11.9 Å². The number of aryl methyl sites for hydroxylation is 1. The van der Waals surface area contributed by atoms with E-state index in [0.717, 1.165) is 24.1 Å². The second-order valence-corrected chi connectivity index (χ2v) is 4.65. The lowest BCUT2D eigenvalue weighted by Gasteiger charge is -2.23. The van der Waals surface area contributed by atoms with Crippen LogP contribution in [0.4, 0.5) is 11.6 Å². The molecular formula is C11H19N5. The van der Waals surface area contributed by atoms with Gasteiger partial charge in [0.05, 0.1) is 0 Å². The highest BCUT2D eigenvalue weighted by atomic mass is 15.3. The molecule has 5 nitrogen and oxygen atoms in total. The van der Waals surface area contributed by atoms with Gasteiger partial charge in [0.1, 0.15) is 17.5 Å². The number of nitrogens with one attached hydrogen (secondary N) is 1. The zero-order valence-electron chi connectivity index (χ0n) is 10.1. The molecule has 1 aliphatic rings. The largest absolute Gasteiger partial charge is 0.353 e. The average Bonchev–Trinajstić information content (AvgIpc) is 2.57. The van der Waals surface area contributed by atoms with E-state index in [0.29, 0.717) is 11.9 Å². The van der Waals surface area contributed by atoms with Gasteiger partial charge in [-0.2, -0.15) is 0 Å². The predicted molar refractivity (Wildman–Crippen MR) is 65.2 cm³/mol. The van der Waals surface area contributed by atoms with Crippen molar-refractivity contribution >= 4 is 11.6 Å². The lowest BCUT2D eigenvalue weighted by atomic mass is 10.1. The van der Waals surface area contributed by atoms with Gasteiger partial charge in [0.2, 0.25) is 0 Å². The van der Waals surface area contributed by atoms with E-state index >= 15 is 0 Å². The number of hydrazine groups is 1. The minimum Gasteiger partial charge on any atom is -0.353 e. The Labute approximate surface area is 96.0 Å². The fourth-order valence-corrected chi connectivity index (χ4v) is 2.39. The van der Waals surface area contributed by atoms with Crippen LogP contribution in [0.1, 0.15) is 26.1 Å². The van der Waals surface area contributed by atoms with Crippen LogP contribution in [0.25, 0.3) is 0 Å². The molecule has 0 radical (unpaired) electrons. The van der Waals surface area contributed by atoms with Crippen molar-refractivity contribution in [2.24, 2.45) is 11.8 Å². The summed E-state index contributed by atoms with van der Waals surface area (Å²) >= 11 is 0. The number of rotatable bonds is 2. The van der Waals surface area contributed by atoms with Crippen molar-refractivity contribution in [1.82, 2.24) is 9.97 Å². The lowest BCUT2D eigenvalue weighted by molar-refractivity contribution is 0.625. The molecule has 88 valence electrons. The summed E-state index contributed by atoms with van der Waals surface area (Å²) in [6.07, 6.45) is 1.22. The summed E-state index contributed by atoms with van der Waals surface area (Å²) in [5.41, 5.74) is 2.58. The molecular weight excluding hydrogens is 202 g/mol. The Kier molecular flexibility index (Phi) is 2.96. The normalized spacial score (nSPS) is 24.9. The number of hydrogen-bond acceptors (Lipinski definition) is 5. The van der Waals surface area contributed by atoms with Gasteiger partial charge in [0, 0.05) is 18.7 Å². The maximum Gasteiger partial charge on any atom is 0.145 e. The number of nitrogens with two attached hydrogens (primary N) is 1. The standard InChI is InChI=1S/C11H19N5/c1-7-4-8(2)16(6-7)11-5-10(15-12)13-9(3)14-11/h5,7-8H,4,6,12H2,1-3H3,(H,13,14,15). The molecule has 16 heavy (non-hydrogen) atoms. The fraction of sp³-hybridized carbons (Fsp3) is 0.636. The van der Waals surface area contributed by atoms with Crippen LogP contribution in [0.5, 0.6) is 0 Å². The van der Waals surface area contributed by atoms with Crippen LogP contribution in [0.2, 0.25) is 0 Å². The SMILES string of the molecule is Cc1nc(NN)cc(N2CC(C)CC2C)n1. The highest BCUT2D eigenvalue weighted by Gasteiger charge is 2.27. The molecule has 0 aromatic carbocycles. The molecule has 1 aliphatic heterocycles. The van der Waals surface area contributed by atoms with E-state index in [-0.39, 0.29) is 0 Å². The predicted octanol–water partition coefficient (Wildman–Crippen LogP) is 1.31. The molecule has 2 atom stereocenters. The molecule has 1 aromatic rings. The van der Waals surface area contributed by atoms with Crippen molar-refractivity contribution < 1.29 is 0 Å². The number of aromatic nitrogens is 2. The van der Waals surface area contributed by atoms with Gasteiger partial charge in [-0.05, 0) is 26.2 Å². The molecule has 0 spiro atoms. The number of nitrogens with zero attached hydrogens (tertiary/aromatic N) is 3. The van der Waals surface area contributed by atoms with Gasteiger partial charge < -0.3 is 10.3 Å². The molecule has 5 heteroatoms. The van der Waals surface area contributed by atoms with Crippen LogP contribution in [0.15, 0.2) is 6.07 Å². The summed E-state index contributed by atoms with van der Waals surface area (Å²) in [6.45, 7) is 7.44. The summed E-state index contributed by atoms with van der Waals surface area (Å²) in [6, 6.07) is 2.44. The maximum atomic E-state index is 5.39. The minimum atomic E-state index is 0.537. The first-order valence-corrected chi connectivity index (χ1v) is 5.69. The third-order valence-corrected chi connectivity index (χ3v) is 3.05. The second-order valence-electron chi connectivity index (χ2n) is 4.65. The van der Waals surface area contributed by atoms with E-state index in [4.69, 9.17) is 5.84 Å². The zero-order chi connectivity index (χ0) is 11.7. The summed E-state index contributed by atoms with van der Waals surface area (Å²) in [5, 5.41) is 0. The smallest absolute Gasteiger partial charge is 0.145 e. The van der Waals surface area contributed by atoms with Gasteiger partial charge in [0.15, 0.2) is 0 Å². The maximum absolute atomic E-state index is 5.39. The van der Waals surface area contributed by atoms with Crippen LogP contribution in [0.3, 0.4) is 0 Å². The average molecular weight is 221 g/mol. The Morgan fingerprint density at radius 2 is 2.19 bits per heavy atom. The monoisotopic (exact) mass is 221 g/mol. The Hall–Kier alpha value is -1.36. The van der Waals surface area contributed by atoms with E-state index < -0.39 is 0 Å². The number of hydrogen-bond donors (Lipinski definition) is 2. The van der Waals surface area contributed by atoms with Crippen molar-refractivity contribution in [3.8, 4) is 0 Å². The van der Waals surface area contributed by atoms with Gasteiger partial charge in [-0.3, -0.25) is 0 Å². The molecule has 0 aliphatic carbocycles. The number of nitrogen functional groups attached to an aromatic ring is 1. The molecule has 3 N–H and O–H groups in total. The lowest BCUT2D eigenvalue weighted by Crippen LogP contribution is -2.28. The van der Waals surface area contributed by atoms with E-state index in [9.17, 15) is 0 Å². The zero-order valence-corrected chi connectivity index (χ0v) is 10.1. The quantitative estimate of drug-likeness (QED) is 0.582. The molecule has 0 bridgehead atoms. The highest BCUT2D eigenvalue weighted by molar-refractivity contribution is 5.50. The molecule has 1 fully saturated rings. The minimum absolute atomic E-state index is 0.537. The van der Waals surface area contributed by atoms with Crippen molar-refractivity contribution in [2.45, 2.75) is 33.2 Å². The highest BCUT2D eigenvalue weighted by Crippen LogP contribution is 2.28. The van der Waals surface area contributed by atoms with Crippen molar-refractivity contribution in [1.29, 1.82) is 0 Å². The fourth-order valence-electron chi connectivity index (χ4n) is 2.39. The van der Waals surface area contributed by atoms with Crippen LogP contribution >= 0.6 is 0 Å². The van der Waals surface area contributed by atoms with E-state index in [1.54, 1.807) is 0 Å². The molecule has 1 saturated heterocycles. The van der Waals surface area contributed by atoms with Crippen molar-refractivity contribution in [3.63, 3.8) is 0 Å². The van der Waals surface area contributed by atoms with Gasteiger partial charge in [0.25, 0.3) is 0 Å². The molecule has 2 heterocycles. The summed E-state index contributed by atoms with van der Waals surface area (Å²) < 4.78 is 0. The van der Waals surface area contributed by atoms with Crippen molar-refractivity contribution in [2.75, 3.05) is 16.9 Å². The molecule has 0 saturated carbocycles. The van der Waals surface area contributed by atoms with Crippen LogP contribution < -0.4 is 16.2 Å². The third-order valence-electron chi connectivity index (χ3n) is 3.05. The molecule has 2 unspecified atom stereocenters. The Morgan fingerprint density at radius 1 is 1.44 bits per heavy atom. The first-order valence-electron chi connectivity index (χ1n) is 5.69. The molecule has 1 aromatic heterocycles. The van der Waals surface area contributed by atoms with Crippen LogP contribution in [-0.4, -0.2) is 22.6 Å². The van der Waals surface area contributed by atoms with Gasteiger partial charge in [-0.25, -0.2) is 15.8 Å². The summed E-state index contributed by atoms with van der Waals surface area (Å²) in [7, 11) is 0. The van der Waals surface area contributed by atoms with E-state index in [2.05, 4.69) is 34.1 Å². The van der Waals surface area contributed by atoms with Gasteiger partial charge in [-0.15, -0.1) is 0 Å². The molecule has 2 rings (SSSR count). The first-order chi connectivity index (χ1) is 7.60. The Balaban J connectivity index is 2.29. The Morgan fingerprint density at radius 3 is 2.75 bits per heavy atom. The topological polar surface area (TPSA) is 67.1 Å². The van der Waals surface area contributed by atoms with E-state index in [1.807, 2.05) is 13.0 Å². The van der Waals surface area contributed by atoms with Gasteiger partial charge >= 0.3 is 0 Å². The second kappa shape index (κ2) is 4.25. The summed E-state index contributed by atoms with van der Waals surface area (Å²) in [4.78, 5) is 11.0. The molecule has 0 amide bonds.